The molecule has 1 atom stereocenters. The molecule has 0 unspecified atom stereocenters. The molecular weight excluding hydrogens is 369 g/mol. The summed E-state index contributed by atoms with van der Waals surface area (Å²) in [5.41, 5.74) is 8.40. The molecule has 7 heteroatoms. The molecule has 1 aromatic carbocycles. The van der Waals surface area contributed by atoms with Gasteiger partial charge in [0.25, 0.3) is 0 Å². The lowest BCUT2D eigenvalue weighted by molar-refractivity contribution is 0.328. The van der Waals surface area contributed by atoms with E-state index in [1.165, 1.54) is 5.56 Å². The van der Waals surface area contributed by atoms with Crippen LogP contribution in [0.1, 0.15) is 36.4 Å². The van der Waals surface area contributed by atoms with Crippen molar-refractivity contribution in [1.82, 2.24) is 14.9 Å². The highest BCUT2D eigenvalue weighted by Gasteiger charge is 2.29. The fourth-order valence-electron chi connectivity index (χ4n) is 3.72. The first-order chi connectivity index (χ1) is 11.8. The number of rotatable bonds is 5. The van der Waals surface area contributed by atoms with E-state index in [4.69, 9.17) is 5.73 Å². The monoisotopic (exact) mass is 395 g/mol. The average molecular weight is 396 g/mol. The first-order valence-electron chi connectivity index (χ1n) is 8.86. The average Bonchev–Trinajstić information content (AvgIpc) is 3.00. The third-order valence-electron chi connectivity index (χ3n) is 5.15. The summed E-state index contributed by atoms with van der Waals surface area (Å²) < 4.78 is 0. The minimum atomic E-state index is 0. The third kappa shape index (κ3) is 5.07. The van der Waals surface area contributed by atoms with Gasteiger partial charge >= 0.3 is 0 Å². The summed E-state index contributed by atoms with van der Waals surface area (Å²) in [4.78, 5) is 11.3. The van der Waals surface area contributed by atoms with Gasteiger partial charge < -0.3 is 11.1 Å². The Morgan fingerprint density at radius 1 is 1.12 bits per heavy atom. The van der Waals surface area contributed by atoms with Crippen molar-refractivity contribution in [3.8, 4) is 0 Å². The van der Waals surface area contributed by atoms with Crippen LogP contribution in [0.25, 0.3) is 0 Å². The van der Waals surface area contributed by atoms with Crippen LogP contribution in [-0.4, -0.2) is 40.0 Å². The number of benzene rings is 1. The zero-order valence-electron chi connectivity index (χ0n) is 14.8. The van der Waals surface area contributed by atoms with Crippen molar-refractivity contribution in [2.45, 2.75) is 43.8 Å². The van der Waals surface area contributed by atoms with Crippen LogP contribution in [0.4, 0.5) is 5.82 Å². The predicted octanol–water partition coefficient (Wildman–Crippen LogP) is 3.21. The molecule has 0 radical (unpaired) electrons. The van der Waals surface area contributed by atoms with Gasteiger partial charge in [0.2, 0.25) is 0 Å². The topological polar surface area (TPSA) is 67.1 Å². The third-order valence-corrected chi connectivity index (χ3v) is 5.15. The van der Waals surface area contributed by atoms with Gasteiger partial charge in [-0.2, -0.15) is 0 Å². The zero-order valence-corrected chi connectivity index (χ0v) is 16.4. The quantitative estimate of drug-likeness (QED) is 0.813. The lowest BCUT2D eigenvalue weighted by Gasteiger charge is -2.31. The Morgan fingerprint density at radius 3 is 2.62 bits per heavy atom. The molecule has 5 nitrogen and oxygen atoms in total. The standard InChI is InChI=1S/C19H25N5.2ClH/c20-16-8-15(9-16)18-10-19(22-13-21-18)23-17-6-7-24(12-17)11-14-4-2-1-3-5-14;;/h1-5,10,13,15-17H,6-9,11-12,20H2,(H,21,22,23);2*1H/t15?,16?,17-;;/m0../s1. The zero-order chi connectivity index (χ0) is 16.4. The van der Waals surface area contributed by atoms with E-state index in [9.17, 15) is 0 Å². The number of halogens is 2. The largest absolute Gasteiger partial charge is 0.366 e. The number of nitrogens with one attached hydrogen (secondary N) is 1. The fraction of sp³-hybridized carbons (Fsp3) is 0.474. The van der Waals surface area contributed by atoms with E-state index >= 15 is 0 Å². The maximum atomic E-state index is 5.89. The summed E-state index contributed by atoms with van der Waals surface area (Å²) in [6.45, 7) is 3.21. The molecule has 2 aromatic rings. The van der Waals surface area contributed by atoms with Crippen molar-refractivity contribution in [3.05, 3.63) is 54.0 Å². The van der Waals surface area contributed by atoms with E-state index in [-0.39, 0.29) is 24.8 Å². The number of aromatic nitrogens is 2. The molecule has 4 rings (SSSR count). The minimum Gasteiger partial charge on any atom is -0.366 e. The maximum Gasteiger partial charge on any atom is 0.129 e. The van der Waals surface area contributed by atoms with Crippen molar-refractivity contribution in [1.29, 1.82) is 0 Å². The molecule has 2 fully saturated rings. The van der Waals surface area contributed by atoms with Gasteiger partial charge in [0.1, 0.15) is 12.1 Å². The van der Waals surface area contributed by atoms with Crippen molar-refractivity contribution in [3.63, 3.8) is 0 Å². The van der Waals surface area contributed by atoms with Gasteiger partial charge in [-0.15, -0.1) is 24.8 Å². The van der Waals surface area contributed by atoms with E-state index in [1.807, 2.05) is 0 Å². The second-order valence-corrected chi connectivity index (χ2v) is 7.11. The van der Waals surface area contributed by atoms with Crippen LogP contribution in [0.15, 0.2) is 42.7 Å². The molecule has 3 N–H and O–H groups in total. The fourth-order valence-corrected chi connectivity index (χ4v) is 3.72. The maximum absolute atomic E-state index is 5.89. The van der Waals surface area contributed by atoms with Gasteiger partial charge in [-0.1, -0.05) is 30.3 Å². The molecule has 0 amide bonds. The second-order valence-electron chi connectivity index (χ2n) is 7.11. The highest BCUT2D eigenvalue weighted by molar-refractivity contribution is 5.85. The van der Waals surface area contributed by atoms with E-state index < -0.39 is 0 Å². The Balaban J connectivity index is 0.00000121. The first-order valence-corrected chi connectivity index (χ1v) is 8.86. The Hall–Kier alpha value is -1.40. The minimum absolute atomic E-state index is 0. The number of anilines is 1. The summed E-state index contributed by atoms with van der Waals surface area (Å²) >= 11 is 0. The Labute approximate surface area is 167 Å². The highest BCUT2D eigenvalue weighted by Crippen LogP contribution is 2.35. The molecule has 26 heavy (non-hydrogen) atoms. The van der Waals surface area contributed by atoms with Gasteiger partial charge in [0, 0.05) is 49.4 Å². The number of nitrogens with zero attached hydrogens (tertiary/aromatic N) is 3. The van der Waals surface area contributed by atoms with Gasteiger partial charge in [-0.3, -0.25) is 4.90 Å². The molecule has 142 valence electrons. The summed E-state index contributed by atoms with van der Waals surface area (Å²) in [5.74, 6) is 1.47. The summed E-state index contributed by atoms with van der Waals surface area (Å²) in [7, 11) is 0. The van der Waals surface area contributed by atoms with E-state index in [2.05, 4.69) is 56.6 Å². The Kier molecular flexibility index (Phi) is 7.65. The van der Waals surface area contributed by atoms with Crippen molar-refractivity contribution < 1.29 is 0 Å². The lowest BCUT2D eigenvalue weighted by atomic mass is 9.78. The van der Waals surface area contributed by atoms with Crippen molar-refractivity contribution >= 4 is 30.6 Å². The highest BCUT2D eigenvalue weighted by atomic mass is 35.5. The molecule has 2 aliphatic rings. The van der Waals surface area contributed by atoms with Gasteiger partial charge in [0.05, 0.1) is 0 Å². The van der Waals surface area contributed by atoms with Crippen LogP contribution in [0.2, 0.25) is 0 Å². The van der Waals surface area contributed by atoms with Crippen molar-refractivity contribution in [2.24, 2.45) is 5.73 Å². The first kappa shape index (κ1) is 20.9. The number of likely N-dealkylation sites (tertiary alicyclic amines) is 1. The molecule has 1 saturated carbocycles. The molecule has 1 aliphatic heterocycles. The van der Waals surface area contributed by atoms with Gasteiger partial charge in [-0.25, -0.2) is 9.97 Å². The molecular formula is C19H27Cl2N5. The summed E-state index contributed by atoms with van der Waals surface area (Å²) in [6.07, 6.45) is 4.92. The van der Waals surface area contributed by atoms with Crippen LogP contribution in [0, 0.1) is 0 Å². The number of hydrogen-bond donors (Lipinski definition) is 2. The summed E-state index contributed by atoms with van der Waals surface area (Å²) in [5, 5.41) is 3.59. The molecule has 1 saturated heterocycles. The normalized spacial score (nSPS) is 24.9. The van der Waals surface area contributed by atoms with E-state index in [0.717, 1.165) is 50.4 Å². The van der Waals surface area contributed by atoms with E-state index in [1.54, 1.807) is 6.33 Å². The smallest absolute Gasteiger partial charge is 0.129 e. The van der Waals surface area contributed by atoms with Crippen LogP contribution in [0.5, 0.6) is 0 Å². The van der Waals surface area contributed by atoms with Crippen molar-refractivity contribution in [2.75, 3.05) is 18.4 Å². The Bertz CT molecular complexity index is 679. The van der Waals surface area contributed by atoms with E-state index in [0.29, 0.717) is 18.0 Å². The molecule has 1 aliphatic carbocycles. The second kappa shape index (κ2) is 9.51. The molecule has 2 heterocycles. The van der Waals surface area contributed by atoms with Crippen LogP contribution < -0.4 is 11.1 Å². The van der Waals surface area contributed by atoms with Crippen LogP contribution in [-0.2, 0) is 6.54 Å². The summed E-state index contributed by atoms with van der Waals surface area (Å²) in [6, 6.07) is 13.6. The molecule has 1 aromatic heterocycles. The van der Waals surface area contributed by atoms with Gasteiger partial charge in [-0.05, 0) is 24.8 Å². The number of nitrogens with two attached hydrogens (primary N) is 1. The van der Waals surface area contributed by atoms with Gasteiger partial charge in [0.15, 0.2) is 0 Å². The lowest BCUT2D eigenvalue weighted by Crippen LogP contribution is -2.35. The predicted molar refractivity (Wildman–Crippen MR) is 110 cm³/mol. The molecule has 0 spiro atoms. The molecule has 0 bridgehead atoms. The van der Waals surface area contributed by atoms with Crippen LogP contribution >= 0.6 is 24.8 Å². The Morgan fingerprint density at radius 2 is 1.88 bits per heavy atom. The number of hydrogen-bond acceptors (Lipinski definition) is 5. The van der Waals surface area contributed by atoms with Crippen LogP contribution in [0.3, 0.4) is 0 Å². The SMILES string of the molecule is Cl.Cl.NC1CC(c2cc(N[C@H]3CCN(Cc4ccccc4)C3)ncn2)C1.